The molecule has 3 nitrogen and oxygen atoms in total. The Labute approximate surface area is 231 Å². The standard InChI is InChI=1S/C27H34N.C5H8O2.Ir/c1-18(2)11-21-7-8-26-24(15-21)9-10-28-27(26)25-16-22(12-19(3)4)14-23(17-25)13-20(5)6;1-4(6)3-5(2)7;/h7-10,14-16,18-20H,11-13H2,1-6H3;3,6H,1-2H3;/q-1;;/b;4-3-;. The van der Waals surface area contributed by atoms with E-state index in [0.717, 1.165) is 30.5 Å². The molecule has 0 bridgehead atoms. The molecule has 0 aliphatic carbocycles. The quantitative estimate of drug-likeness (QED) is 0.150. The first-order valence-electron chi connectivity index (χ1n) is 12.8. The largest absolute Gasteiger partial charge is 0.512 e. The third kappa shape index (κ3) is 10.8. The minimum atomic E-state index is -0.125. The summed E-state index contributed by atoms with van der Waals surface area (Å²) < 4.78 is 0. The number of carbonyl (C=O) groups is 1. The molecule has 4 heteroatoms. The predicted octanol–water partition coefficient (Wildman–Crippen LogP) is 8.33. The number of aliphatic hydroxyl groups excluding tert-OH is 1. The molecule has 0 spiro atoms. The summed E-state index contributed by atoms with van der Waals surface area (Å²) >= 11 is 0. The SMILES string of the molecule is CC(=O)/C=C(/C)O.CC(C)Cc1[c-]c(-c2nccc3cc(CC(C)C)ccc23)cc(CC(C)C)c1.[Ir]. The Morgan fingerprint density at radius 3 is 2.03 bits per heavy atom. The number of carbonyl (C=O) groups excluding carboxylic acids is 1. The molecule has 0 saturated heterocycles. The molecule has 36 heavy (non-hydrogen) atoms. The van der Waals surface area contributed by atoms with Crippen LogP contribution >= 0.6 is 0 Å². The van der Waals surface area contributed by atoms with Crippen molar-refractivity contribution in [2.24, 2.45) is 17.8 Å². The number of hydrogen-bond donors (Lipinski definition) is 1. The van der Waals surface area contributed by atoms with Crippen molar-refractivity contribution in [1.82, 2.24) is 4.98 Å². The van der Waals surface area contributed by atoms with Gasteiger partial charge in [-0.25, -0.2) is 0 Å². The Morgan fingerprint density at radius 2 is 1.50 bits per heavy atom. The zero-order valence-corrected chi connectivity index (χ0v) is 25.5. The van der Waals surface area contributed by atoms with Crippen molar-refractivity contribution in [2.45, 2.75) is 74.7 Å². The second kappa shape index (κ2) is 15.1. The van der Waals surface area contributed by atoms with E-state index in [2.05, 4.69) is 84.0 Å². The van der Waals surface area contributed by atoms with E-state index in [1.807, 2.05) is 6.20 Å². The van der Waals surface area contributed by atoms with E-state index in [0.29, 0.717) is 17.8 Å². The number of pyridine rings is 1. The molecule has 1 aromatic heterocycles. The number of allylic oxidation sites excluding steroid dienone is 2. The van der Waals surface area contributed by atoms with Gasteiger partial charge in [0.25, 0.3) is 0 Å². The Balaban J connectivity index is 0.000000712. The normalized spacial score (nSPS) is 11.5. The van der Waals surface area contributed by atoms with Gasteiger partial charge in [-0.1, -0.05) is 59.7 Å². The molecule has 0 aliphatic heterocycles. The average molecular weight is 665 g/mol. The van der Waals surface area contributed by atoms with E-state index in [1.165, 1.54) is 47.4 Å². The van der Waals surface area contributed by atoms with Crippen LogP contribution in [0.3, 0.4) is 0 Å². The Kier molecular flexibility index (Phi) is 13.3. The van der Waals surface area contributed by atoms with E-state index < -0.39 is 0 Å². The van der Waals surface area contributed by atoms with Crippen molar-refractivity contribution in [3.63, 3.8) is 0 Å². The van der Waals surface area contributed by atoms with Gasteiger partial charge in [0.2, 0.25) is 0 Å². The molecule has 3 aromatic rings. The van der Waals surface area contributed by atoms with Gasteiger partial charge in [-0.05, 0) is 79.0 Å². The van der Waals surface area contributed by atoms with Gasteiger partial charge in [-0.2, -0.15) is 0 Å². The monoisotopic (exact) mass is 665 g/mol. The molecule has 1 N–H and O–H groups in total. The third-order valence-electron chi connectivity index (χ3n) is 5.40. The maximum Gasteiger partial charge on any atom is 0.155 e. The van der Waals surface area contributed by atoms with Gasteiger partial charge < -0.3 is 10.1 Å². The summed E-state index contributed by atoms with van der Waals surface area (Å²) in [5, 5.41) is 10.9. The molecule has 1 heterocycles. The van der Waals surface area contributed by atoms with Gasteiger partial charge in [-0.3, -0.25) is 4.79 Å². The molecule has 2 aromatic carbocycles. The van der Waals surface area contributed by atoms with Crippen LogP contribution < -0.4 is 0 Å². The van der Waals surface area contributed by atoms with Crippen LogP contribution in [-0.4, -0.2) is 15.9 Å². The molecule has 0 unspecified atom stereocenters. The van der Waals surface area contributed by atoms with Crippen molar-refractivity contribution in [3.05, 3.63) is 77.2 Å². The third-order valence-corrected chi connectivity index (χ3v) is 5.40. The molecule has 0 amide bonds. The van der Waals surface area contributed by atoms with Crippen LogP contribution in [0.5, 0.6) is 0 Å². The summed E-state index contributed by atoms with van der Waals surface area (Å²) in [5.74, 6) is 1.87. The summed E-state index contributed by atoms with van der Waals surface area (Å²) in [5.41, 5.74) is 6.30. The predicted molar refractivity (Wildman–Crippen MR) is 149 cm³/mol. The maximum atomic E-state index is 10.0. The van der Waals surface area contributed by atoms with E-state index in [-0.39, 0.29) is 31.6 Å². The van der Waals surface area contributed by atoms with Crippen LogP contribution in [0.2, 0.25) is 0 Å². The van der Waals surface area contributed by atoms with Crippen LogP contribution in [-0.2, 0) is 44.2 Å². The number of benzene rings is 2. The minimum absolute atomic E-state index is 0. The van der Waals surface area contributed by atoms with Gasteiger partial charge in [0.15, 0.2) is 5.78 Å². The molecular formula is C32H42IrNO2-. The molecule has 0 aliphatic rings. The van der Waals surface area contributed by atoms with Crippen LogP contribution in [0.1, 0.15) is 72.1 Å². The first kappa shape index (κ1) is 31.7. The van der Waals surface area contributed by atoms with Crippen molar-refractivity contribution >= 4 is 16.6 Å². The molecule has 0 atom stereocenters. The molecule has 0 saturated carbocycles. The molecule has 3 rings (SSSR count). The number of aliphatic hydroxyl groups is 1. The zero-order chi connectivity index (χ0) is 26.1. The summed E-state index contributed by atoms with van der Waals surface area (Å²) in [6.45, 7) is 16.5. The topological polar surface area (TPSA) is 50.2 Å². The van der Waals surface area contributed by atoms with Gasteiger partial charge in [-0.15, -0.1) is 34.9 Å². The number of rotatable bonds is 8. The minimum Gasteiger partial charge on any atom is -0.512 e. The van der Waals surface area contributed by atoms with Crippen LogP contribution in [0.25, 0.3) is 22.0 Å². The Morgan fingerprint density at radius 1 is 0.889 bits per heavy atom. The first-order valence-corrected chi connectivity index (χ1v) is 12.8. The Hall–Kier alpha value is -2.29. The van der Waals surface area contributed by atoms with Crippen molar-refractivity contribution in [1.29, 1.82) is 0 Å². The number of fused-ring (bicyclic) bond motifs is 1. The first-order chi connectivity index (χ1) is 16.4. The van der Waals surface area contributed by atoms with E-state index in [4.69, 9.17) is 10.1 Å². The van der Waals surface area contributed by atoms with Crippen LogP contribution in [0.15, 0.2) is 54.4 Å². The number of nitrogens with zero attached hydrogens (tertiary/aromatic N) is 1. The van der Waals surface area contributed by atoms with Gasteiger partial charge >= 0.3 is 0 Å². The summed E-state index contributed by atoms with van der Waals surface area (Å²) in [7, 11) is 0. The van der Waals surface area contributed by atoms with Crippen molar-refractivity contribution < 1.29 is 30.0 Å². The molecule has 0 fully saturated rings. The van der Waals surface area contributed by atoms with Crippen LogP contribution in [0.4, 0.5) is 0 Å². The fraction of sp³-hybridized carbons (Fsp3) is 0.438. The number of hydrogen-bond acceptors (Lipinski definition) is 3. The fourth-order valence-corrected chi connectivity index (χ4v) is 4.30. The van der Waals surface area contributed by atoms with Crippen molar-refractivity contribution in [3.8, 4) is 11.3 Å². The van der Waals surface area contributed by atoms with Crippen LogP contribution in [0, 0.1) is 23.8 Å². The molecule has 1 radical (unpaired) electrons. The smallest absolute Gasteiger partial charge is 0.155 e. The maximum absolute atomic E-state index is 10.0. The van der Waals surface area contributed by atoms with E-state index >= 15 is 0 Å². The summed E-state index contributed by atoms with van der Waals surface area (Å²) in [6.07, 6.45) is 6.38. The number of aromatic nitrogens is 1. The summed E-state index contributed by atoms with van der Waals surface area (Å²) in [4.78, 5) is 14.8. The van der Waals surface area contributed by atoms with Gasteiger partial charge in [0.1, 0.15) is 0 Å². The summed E-state index contributed by atoms with van der Waals surface area (Å²) in [6, 6.07) is 17.3. The van der Waals surface area contributed by atoms with Gasteiger partial charge in [0.05, 0.1) is 5.76 Å². The average Bonchev–Trinajstić information content (AvgIpc) is 2.71. The van der Waals surface area contributed by atoms with E-state index in [9.17, 15) is 4.79 Å². The second-order valence-electron chi connectivity index (χ2n) is 10.8. The zero-order valence-electron chi connectivity index (χ0n) is 23.1. The van der Waals surface area contributed by atoms with E-state index in [1.54, 1.807) is 0 Å². The van der Waals surface area contributed by atoms with Gasteiger partial charge in [0, 0.05) is 32.4 Å². The molecular weight excluding hydrogens is 623 g/mol. The molecule has 197 valence electrons. The Bertz CT molecular complexity index is 1130. The van der Waals surface area contributed by atoms with Crippen molar-refractivity contribution in [2.75, 3.05) is 0 Å². The number of ketones is 1. The fourth-order valence-electron chi connectivity index (χ4n) is 4.30. The second-order valence-corrected chi connectivity index (χ2v) is 10.8.